The van der Waals surface area contributed by atoms with Crippen LogP contribution in [0.1, 0.15) is 51.9 Å². The number of hydrogen-bond acceptors (Lipinski definition) is 3. The average Bonchev–Trinajstić information content (AvgIpc) is 2.33. The molecule has 0 heterocycles. The van der Waals surface area contributed by atoms with Gasteiger partial charge in [0.05, 0.1) is 6.10 Å². The van der Waals surface area contributed by atoms with E-state index < -0.39 is 0 Å². The van der Waals surface area contributed by atoms with Crippen LogP contribution in [0.25, 0.3) is 0 Å². The number of aliphatic hydroxyl groups excluding tert-OH is 1. The maximum absolute atomic E-state index is 11.9. The molecule has 0 saturated heterocycles. The second-order valence-electron chi connectivity index (χ2n) is 5.78. The maximum atomic E-state index is 11.9. The highest BCUT2D eigenvalue weighted by atomic mass is 16.3. The zero-order valence-electron chi connectivity index (χ0n) is 11.8. The van der Waals surface area contributed by atoms with Crippen LogP contribution in [0.15, 0.2) is 0 Å². The molecule has 1 aliphatic carbocycles. The fourth-order valence-electron chi connectivity index (χ4n) is 2.62. The molecule has 0 aromatic heterocycles. The van der Waals surface area contributed by atoms with Crippen molar-refractivity contribution in [3.8, 4) is 0 Å². The van der Waals surface area contributed by atoms with Crippen LogP contribution in [0.2, 0.25) is 0 Å². The monoisotopic (exact) mass is 256 g/mol. The molecule has 0 bridgehead atoms. The number of nitrogens with zero attached hydrogens (tertiary/aromatic N) is 1. The van der Waals surface area contributed by atoms with Crippen molar-refractivity contribution >= 4 is 5.91 Å². The van der Waals surface area contributed by atoms with Gasteiger partial charge in [-0.3, -0.25) is 4.79 Å². The molecule has 1 rings (SSSR count). The summed E-state index contributed by atoms with van der Waals surface area (Å²) in [6.45, 7) is 2.39. The van der Waals surface area contributed by atoms with Gasteiger partial charge in [0.25, 0.3) is 0 Å². The van der Waals surface area contributed by atoms with E-state index in [1.807, 2.05) is 7.05 Å². The summed E-state index contributed by atoms with van der Waals surface area (Å²) in [4.78, 5) is 13.6. The number of hydrogen-bond donors (Lipinski definition) is 2. The van der Waals surface area contributed by atoms with Gasteiger partial charge in [-0.15, -0.1) is 0 Å². The van der Waals surface area contributed by atoms with E-state index in [2.05, 4.69) is 0 Å². The zero-order chi connectivity index (χ0) is 13.5. The second kappa shape index (κ2) is 7.74. The van der Waals surface area contributed by atoms with Crippen LogP contribution in [0.5, 0.6) is 0 Å². The average molecular weight is 256 g/mol. The Labute approximate surface area is 111 Å². The highest BCUT2D eigenvalue weighted by molar-refractivity contribution is 5.75. The topological polar surface area (TPSA) is 66.6 Å². The molecule has 4 heteroatoms. The van der Waals surface area contributed by atoms with E-state index in [0.29, 0.717) is 31.3 Å². The molecule has 0 aromatic rings. The molecule has 106 valence electrons. The molecule has 4 nitrogen and oxygen atoms in total. The smallest absolute Gasteiger partial charge is 0.222 e. The van der Waals surface area contributed by atoms with Gasteiger partial charge in [-0.1, -0.05) is 12.8 Å². The number of carbonyl (C=O) groups excluding carboxylic acids is 1. The summed E-state index contributed by atoms with van der Waals surface area (Å²) in [6, 6.07) is 0.340. The van der Waals surface area contributed by atoms with Crippen LogP contribution >= 0.6 is 0 Å². The fourth-order valence-corrected chi connectivity index (χ4v) is 2.62. The van der Waals surface area contributed by atoms with E-state index in [-0.39, 0.29) is 12.0 Å². The van der Waals surface area contributed by atoms with Crippen LogP contribution < -0.4 is 5.73 Å². The Morgan fingerprint density at radius 2 is 2.22 bits per heavy atom. The minimum Gasteiger partial charge on any atom is -0.393 e. The Hall–Kier alpha value is -0.610. The van der Waals surface area contributed by atoms with E-state index >= 15 is 0 Å². The Bertz CT molecular complexity index is 256. The Morgan fingerprint density at radius 1 is 1.50 bits per heavy atom. The van der Waals surface area contributed by atoms with Crippen molar-refractivity contribution in [2.45, 2.75) is 64.0 Å². The third kappa shape index (κ3) is 5.83. The molecule has 3 atom stereocenters. The van der Waals surface area contributed by atoms with Gasteiger partial charge < -0.3 is 15.7 Å². The second-order valence-corrected chi connectivity index (χ2v) is 5.78. The first-order valence-corrected chi connectivity index (χ1v) is 7.16. The molecule has 1 amide bonds. The predicted molar refractivity (Wildman–Crippen MR) is 73.1 cm³/mol. The van der Waals surface area contributed by atoms with Crippen LogP contribution in [0.4, 0.5) is 0 Å². The standard InChI is InChI=1S/C14H28N2O2/c1-11(17)8-9-16(2)14(18)7-6-12-4-3-5-13(15)10-12/h11-13,17H,3-10,15H2,1-2H3. The van der Waals surface area contributed by atoms with Crippen LogP contribution in [0, 0.1) is 5.92 Å². The lowest BCUT2D eigenvalue weighted by Crippen LogP contribution is -2.31. The summed E-state index contributed by atoms with van der Waals surface area (Å²) in [5.41, 5.74) is 5.95. The van der Waals surface area contributed by atoms with Crippen molar-refractivity contribution in [2.75, 3.05) is 13.6 Å². The quantitative estimate of drug-likeness (QED) is 0.757. The van der Waals surface area contributed by atoms with Gasteiger partial charge in [-0.2, -0.15) is 0 Å². The van der Waals surface area contributed by atoms with Crippen molar-refractivity contribution in [1.82, 2.24) is 4.90 Å². The molecule has 1 fully saturated rings. The van der Waals surface area contributed by atoms with Crippen LogP contribution in [-0.4, -0.2) is 41.7 Å². The summed E-state index contributed by atoms with van der Waals surface area (Å²) >= 11 is 0. The molecule has 0 aromatic carbocycles. The summed E-state index contributed by atoms with van der Waals surface area (Å²) in [5.74, 6) is 0.817. The molecule has 0 spiro atoms. The summed E-state index contributed by atoms with van der Waals surface area (Å²) in [7, 11) is 1.82. The van der Waals surface area contributed by atoms with Gasteiger partial charge in [-0.05, 0) is 38.5 Å². The fraction of sp³-hybridized carbons (Fsp3) is 0.929. The number of rotatable bonds is 6. The van der Waals surface area contributed by atoms with Crippen molar-refractivity contribution < 1.29 is 9.90 Å². The minimum absolute atomic E-state index is 0.190. The SMILES string of the molecule is CC(O)CCN(C)C(=O)CCC1CCCC(N)C1. The molecular weight excluding hydrogens is 228 g/mol. The summed E-state index contributed by atoms with van der Waals surface area (Å²) in [5, 5.41) is 9.19. The first-order chi connectivity index (χ1) is 8.49. The molecule has 3 N–H and O–H groups in total. The molecule has 3 unspecified atom stereocenters. The van der Waals surface area contributed by atoms with Gasteiger partial charge >= 0.3 is 0 Å². The van der Waals surface area contributed by atoms with E-state index in [0.717, 1.165) is 19.3 Å². The van der Waals surface area contributed by atoms with Crippen molar-refractivity contribution in [2.24, 2.45) is 11.7 Å². The Morgan fingerprint density at radius 3 is 2.83 bits per heavy atom. The van der Waals surface area contributed by atoms with Crippen LogP contribution in [-0.2, 0) is 4.79 Å². The number of aliphatic hydroxyl groups is 1. The van der Waals surface area contributed by atoms with Gasteiger partial charge in [0.2, 0.25) is 5.91 Å². The number of amides is 1. The lowest BCUT2D eigenvalue weighted by molar-refractivity contribution is -0.130. The minimum atomic E-state index is -0.336. The van der Waals surface area contributed by atoms with Crippen molar-refractivity contribution in [3.05, 3.63) is 0 Å². The lowest BCUT2D eigenvalue weighted by Gasteiger charge is -2.27. The zero-order valence-corrected chi connectivity index (χ0v) is 11.8. The molecule has 18 heavy (non-hydrogen) atoms. The predicted octanol–water partition coefficient (Wildman–Crippen LogP) is 1.51. The molecule has 0 radical (unpaired) electrons. The normalized spacial score (nSPS) is 25.8. The molecule has 1 saturated carbocycles. The van der Waals surface area contributed by atoms with E-state index in [9.17, 15) is 9.90 Å². The number of carbonyl (C=O) groups is 1. The van der Waals surface area contributed by atoms with Gasteiger partial charge in [-0.25, -0.2) is 0 Å². The Balaban J connectivity index is 2.19. The number of nitrogens with two attached hydrogens (primary N) is 1. The highest BCUT2D eigenvalue weighted by Gasteiger charge is 2.20. The van der Waals surface area contributed by atoms with Gasteiger partial charge in [0.15, 0.2) is 0 Å². The van der Waals surface area contributed by atoms with E-state index in [4.69, 9.17) is 5.73 Å². The molecular formula is C14H28N2O2. The third-order valence-electron chi connectivity index (χ3n) is 3.90. The summed E-state index contributed by atoms with van der Waals surface area (Å²) < 4.78 is 0. The van der Waals surface area contributed by atoms with Gasteiger partial charge in [0.1, 0.15) is 0 Å². The maximum Gasteiger partial charge on any atom is 0.222 e. The van der Waals surface area contributed by atoms with Crippen molar-refractivity contribution in [3.63, 3.8) is 0 Å². The third-order valence-corrected chi connectivity index (χ3v) is 3.90. The van der Waals surface area contributed by atoms with E-state index in [1.54, 1.807) is 11.8 Å². The largest absolute Gasteiger partial charge is 0.393 e. The van der Waals surface area contributed by atoms with E-state index in [1.165, 1.54) is 12.8 Å². The highest BCUT2D eigenvalue weighted by Crippen LogP contribution is 2.26. The molecule has 0 aliphatic heterocycles. The van der Waals surface area contributed by atoms with Crippen molar-refractivity contribution in [1.29, 1.82) is 0 Å². The lowest BCUT2D eigenvalue weighted by atomic mass is 9.83. The Kier molecular flexibility index (Phi) is 6.65. The first kappa shape index (κ1) is 15.4. The molecule has 1 aliphatic rings. The summed E-state index contributed by atoms with van der Waals surface area (Å²) in [6.07, 6.45) is 6.53. The first-order valence-electron chi connectivity index (χ1n) is 7.16. The van der Waals surface area contributed by atoms with Crippen LogP contribution in [0.3, 0.4) is 0 Å². The van der Waals surface area contributed by atoms with Gasteiger partial charge in [0, 0.05) is 26.1 Å².